The van der Waals surface area contributed by atoms with Crippen molar-refractivity contribution in [2.45, 2.75) is 37.6 Å². The summed E-state index contributed by atoms with van der Waals surface area (Å²) in [7, 11) is 3.17. The molecule has 9 heteroatoms. The van der Waals surface area contributed by atoms with E-state index in [2.05, 4.69) is 5.32 Å². The van der Waals surface area contributed by atoms with E-state index in [1.165, 1.54) is 11.3 Å². The molecule has 0 radical (unpaired) electrons. The Hall–Kier alpha value is -4.11. The van der Waals surface area contributed by atoms with E-state index < -0.39 is 12.0 Å². The number of thiophene rings is 1. The Morgan fingerprint density at radius 3 is 2.53 bits per heavy atom. The summed E-state index contributed by atoms with van der Waals surface area (Å²) in [6, 6.07) is 16.3. The Balaban J connectivity index is 1.62. The zero-order valence-corrected chi connectivity index (χ0v) is 21.9. The van der Waals surface area contributed by atoms with Gasteiger partial charge in [-0.15, -0.1) is 11.3 Å². The number of carboxylic acid groups (broad SMARTS) is 1. The zero-order chi connectivity index (χ0) is 26.8. The van der Waals surface area contributed by atoms with Gasteiger partial charge < -0.3 is 19.9 Å². The number of rotatable bonds is 7. The van der Waals surface area contributed by atoms with Crippen molar-refractivity contribution in [1.82, 2.24) is 0 Å². The molecule has 2 aliphatic rings. The number of nitrogens with zero attached hydrogens (tertiary/aromatic N) is 1. The number of amides is 1. The number of nitrogens with one attached hydrogen (secondary N) is 1. The fourth-order valence-electron chi connectivity index (χ4n) is 5.26. The summed E-state index contributed by atoms with van der Waals surface area (Å²) in [5.41, 5.74) is 3.59. The van der Waals surface area contributed by atoms with Crippen LogP contribution in [0.15, 0.2) is 71.2 Å². The predicted molar refractivity (Wildman–Crippen MR) is 145 cm³/mol. The summed E-state index contributed by atoms with van der Waals surface area (Å²) in [5.74, 6) is -0.321. The lowest BCUT2D eigenvalue weighted by atomic mass is 9.79. The molecular weight excluding hydrogens is 504 g/mol. The molecule has 38 heavy (non-hydrogen) atoms. The van der Waals surface area contributed by atoms with Crippen molar-refractivity contribution in [3.8, 4) is 11.5 Å². The van der Waals surface area contributed by atoms with Gasteiger partial charge in [0.25, 0.3) is 0 Å². The molecule has 1 amide bonds. The zero-order valence-electron chi connectivity index (χ0n) is 21.1. The highest BCUT2D eigenvalue weighted by Gasteiger charge is 2.42. The Bertz CT molecular complexity index is 1410. The fraction of sp³-hybridized carbons (Fsp3) is 0.276. The molecule has 2 heterocycles. The quantitative estimate of drug-likeness (QED) is 0.412. The number of allylic oxidation sites excluding steroid dienone is 1. The number of aliphatic carboxylic acids is 1. The van der Waals surface area contributed by atoms with Gasteiger partial charge in [0, 0.05) is 29.0 Å². The van der Waals surface area contributed by atoms with E-state index in [0.717, 1.165) is 16.1 Å². The number of hydrogen-bond donors (Lipinski definition) is 2. The molecule has 0 fully saturated rings. The van der Waals surface area contributed by atoms with Crippen molar-refractivity contribution in [2.75, 3.05) is 24.4 Å². The fourth-order valence-corrected chi connectivity index (χ4v) is 6.08. The number of carboxylic acids is 1. The average molecular weight is 533 g/mol. The van der Waals surface area contributed by atoms with Gasteiger partial charge in [-0.25, -0.2) is 0 Å². The van der Waals surface area contributed by atoms with Crippen molar-refractivity contribution < 1.29 is 29.0 Å². The smallest absolute Gasteiger partial charge is 0.303 e. The number of ketones is 1. The lowest BCUT2D eigenvalue weighted by molar-refractivity contribution is -0.138. The monoisotopic (exact) mass is 532 g/mol. The number of ether oxygens (including phenoxy) is 2. The third-order valence-corrected chi connectivity index (χ3v) is 7.93. The van der Waals surface area contributed by atoms with Crippen LogP contribution in [0.25, 0.3) is 0 Å². The molecule has 0 bridgehead atoms. The number of carbonyl (C=O) groups is 3. The highest BCUT2D eigenvalue weighted by atomic mass is 32.1. The molecular formula is C29H28N2O6S. The first-order valence-electron chi connectivity index (χ1n) is 12.3. The summed E-state index contributed by atoms with van der Waals surface area (Å²) in [4.78, 5) is 41.3. The van der Waals surface area contributed by atoms with Gasteiger partial charge in [-0.3, -0.25) is 19.3 Å². The number of carbonyl (C=O) groups excluding carboxylic acids is 2. The van der Waals surface area contributed by atoms with Gasteiger partial charge in [0.1, 0.15) is 6.04 Å². The number of benzene rings is 2. The molecule has 2 N–H and O–H groups in total. The van der Waals surface area contributed by atoms with Gasteiger partial charge in [-0.05, 0) is 53.6 Å². The molecule has 8 nitrogen and oxygen atoms in total. The normalized spacial score (nSPS) is 18.7. The summed E-state index contributed by atoms with van der Waals surface area (Å²) in [5, 5.41) is 14.6. The molecule has 0 unspecified atom stereocenters. The lowest BCUT2D eigenvalue weighted by Crippen LogP contribution is -2.38. The standard InChI is InChI=1S/C29H28N2O6S/c1-36-23-10-9-17(16-24(23)37-2)18-14-20-28(22(32)15-18)29(25-8-5-13-38-25)31(26(33)11-12-27(34)35)21-7-4-3-6-19(21)30-20/h3-10,13,16,18,29-30H,11-12,14-15H2,1-2H3,(H,34,35)/t18-,29+/m1/s1. The largest absolute Gasteiger partial charge is 0.493 e. The Labute approximate surface area is 224 Å². The van der Waals surface area contributed by atoms with Crippen molar-refractivity contribution in [1.29, 1.82) is 0 Å². The van der Waals surface area contributed by atoms with E-state index in [9.17, 15) is 19.5 Å². The van der Waals surface area contributed by atoms with Crippen LogP contribution in [0, 0.1) is 0 Å². The molecule has 2 aromatic carbocycles. The Kier molecular flexibility index (Phi) is 7.20. The highest BCUT2D eigenvalue weighted by molar-refractivity contribution is 7.10. The number of fused-ring (bicyclic) bond motifs is 1. The highest BCUT2D eigenvalue weighted by Crippen LogP contribution is 2.48. The minimum Gasteiger partial charge on any atom is -0.493 e. The van der Waals surface area contributed by atoms with Crippen LogP contribution in [0.5, 0.6) is 11.5 Å². The molecule has 1 aliphatic carbocycles. The van der Waals surface area contributed by atoms with Gasteiger partial charge >= 0.3 is 5.97 Å². The van der Waals surface area contributed by atoms with Crippen molar-refractivity contribution in [2.24, 2.45) is 0 Å². The predicted octanol–water partition coefficient (Wildman–Crippen LogP) is 5.53. The first kappa shape index (κ1) is 25.5. The molecule has 1 aromatic heterocycles. The van der Waals surface area contributed by atoms with E-state index in [1.807, 2.05) is 60.0 Å². The summed E-state index contributed by atoms with van der Waals surface area (Å²) >= 11 is 1.47. The van der Waals surface area contributed by atoms with Crippen LogP contribution in [-0.4, -0.2) is 37.0 Å². The molecule has 0 spiro atoms. The second-order valence-electron chi connectivity index (χ2n) is 9.25. The summed E-state index contributed by atoms with van der Waals surface area (Å²) in [6.45, 7) is 0. The van der Waals surface area contributed by atoms with Crippen LogP contribution in [0.4, 0.5) is 11.4 Å². The van der Waals surface area contributed by atoms with E-state index in [-0.39, 0.29) is 36.9 Å². The topological polar surface area (TPSA) is 105 Å². The second kappa shape index (κ2) is 10.7. The van der Waals surface area contributed by atoms with E-state index in [1.54, 1.807) is 19.1 Å². The number of hydrogen-bond acceptors (Lipinski definition) is 7. The molecule has 0 saturated carbocycles. The minimum atomic E-state index is -1.04. The summed E-state index contributed by atoms with van der Waals surface area (Å²) in [6.07, 6.45) is 0.370. The van der Waals surface area contributed by atoms with Crippen molar-refractivity contribution in [3.63, 3.8) is 0 Å². The molecule has 196 valence electrons. The van der Waals surface area contributed by atoms with E-state index in [0.29, 0.717) is 34.9 Å². The molecule has 5 rings (SSSR count). The van der Waals surface area contributed by atoms with Gasteiger partial charge in [0.05, 0.1) is 32.0 Å². The van der Waals surface area contributed by atoms with Crippen LogP contribution in [-0.2, 0) is 14.4 Å². The number of anilines is 2. The van der Waals surface area contributed by atoms with Gasteiger partial charge in [-0.1, -0.05) is 24.3 Å². The van der Waals surface area contributed by atoms with Crippen molar-refractivity contribution in [3.05, 3.63) is 81.7 Å². The average Bonchev–Trinajstić information content (AvgIpc) is 3.40. The SMILES string of the molecule is COc1ccc([C@H]2CC(=O)C3=C(C2)Nc2ccccc2N(C(=O)CCC(=O)O)[C@H]3c2cccs2)cc1OC. The number of para-hydroxylation sites is 2. The summed E-state index contributed by atoms with van der Waals surface area (Å²) < 4.78 is 10.9. The maximum Gasteiger partial charge on any atom is 0.303 e. The van der Waals surface area contributed by atoms with Crippen LogP contribution < -0.4 is 19.7 Å². The van der Waals surface area contributed by atoms with E-state index in [4.69, 9.17) is 9.47 Å². The molecule has 0 saturated heterocycles. The maximum atomic E-state index is 14.0. The third kappa shape index (κ3) is 4.77. The second-order valence-corrected chi connectivity index (χ2v) is 10.2. The van der Waals surface area contributed by atoms with Crippen LogP contribution >= 0.6 is 11.3 Å². The van der Waals surface area contributed by atoms with Gasteiger partial charge in [-0.2, -0.15) is 0 Å². The molecule has 3 aromatic rings. The minimum absolute atomic E-state index is 0.0548. The first-order chi connectivity index (χ1) is 18.4. The maximum absolute atomic E-state index is 14.0. The first-order valence-corrected chi connectivity index (χ1v) is 13.2. The lowest BCUT2D eigenvalue weighted by Gasteiger charge is -2.34. The Morgan fingerprint density at radius 1 is 1.03 bits per heavy atom. The van der Waals surface area contributed by atoms with Crippen LogP contribution in [0.1, 0.15) is 48.1 Å². The van der Waals surface area contributed by atoms with Gasteiger partial charge in [0.2, 0.25) is 5.91 Å². The van der Waals surface area contributed by atoms with E-state index >= 15 is 0 Å². The van der Waals surface area contributed by atoms with Crippen LogP contribution in [0.2, 0.25) is 0 Å². The molecule has 1 aliphatic heterocycles. The van der Waals surface area contributed by atoms with Crippen molar-refractivity contribution >= 4 is 40.4 Å². The Morgan fingerprint density at radius 2 is 1.82 bits per heavy atom. The van der Waals surface area contributed by atoms with Crippen LogP contribution in [0.3, 0.4) is 0 Å². The number of methoxy groups -OCH3 is 2. The van der Waals surface area contributed by atoms with Gasteiger partial charge in [0.15, 0.2) is 17.3 Å². The third-order valence-electron chi connectivity index (χ3n) is 7.00. The number of Topliss-reactive ketones (excluding diaryl/α,β-unsaturated/α-hetero) is 1. The molecule has 2 atom stereocenters.